The van der Waals surface area contributed by atoms with Gasteiger partial charge >= 0.3 is 0 Å². The lowest BCUT2D eigenvalue weighted by Gasteiger charge is -2.52. The fourth-order valence-electron chi connectivity index (χ4n) is 19.0. The summed E-state index contributed by atoms with van der Waals surface area (Å²) in [6.45, 7) is -7.51. The monoisotopic (exact) mass is 2120 g/mol. The number of aliphatic hydroxyl groups excluding tert-OH is 25. The quantitative estimate of drug-likeness (QED) is 0.0196. The Labute approximate surface area is 845 Å². The van der Waals surface area contributed by atoms with Gasteiger partial charge in [0.1, 0.15) is 244 Å². The Balaban J connectivity index is 0.872. The molecular formula is C94H135N3O51. The molecule has 0 unspecified atom stereocenters. The van der Waals surface area contributed by atoms with Gasteiger partial charge in [-0.05, 0) is 22.3 Å². The summed E-state index contributed by atoms with van der Waals surface area (Å²) < 4.78 is 146. The molecule has 10 aliphatic heterocycles. The first-order valence-electron chi connectivity index (χ1n) is 48.3. The maximum absolute atomic E-state index is 14.4. The molecule has 0 aromatic heterocycles. The SMILES string of the molecule is CC(=O)N[C@@H]1[C@H](O[C@H]2[C@@H](OCc3ccccc3)[C@H](NC(C)=O)[C@H](O)O[C@@H]2COCc2ccccc2)O[C@@H](COCc2ccccc2)[C@@H](O[C@H]2O[C@@H](CO[C@@H]3O[C@@H](CO[C@@H]4O[C@@H](CO)[C@H](O)[C@H](O)[C@@H]4O[C@@H]4O[C@@H](CO)[C@H](O)[C@H](O)[C@@H]4O)[C@H](O)[C@H](O[C@@H]4O[C@@H](CO)[C@H](O)[C@H](O)[C@@H]4O[C@@H]4O[C@@H](CO)[C@H](O)[C@H](O)[C@@H]4O)[C@@H]3O)[C@H](O)[C@H](O[C@@H]3O[C@@H](CO)[C@H](O)[C@H](O)[C@@H]3O[C@H]3O[C@@H](CO)[C@H](O)[C@H](O)[C@H]3NC(C)=O)[C@@H]2O)[C@H]1OCc1ccccc1. The highest BCUT2D eigenvalue weighted by Gasteiger charge is 2.63. The van der Waals surface area contributed by atoms with Gasteiger partial charge in [-0.15, -0.1) is 0 Å². The van der Waals surface area contributed by atoms with Crippen molar-refractivity contribution in [2.45, 2.75) is 354 Å². The molecule has 4 aromatic carbocycles. The van der Waals surface area contributed by atoms with Crippen molar-refractivity contribution >= 4 is 17.7 Å². The molecule has 10 fully saturated rings. The number of amides is 3. The van der Waals surface area contributed by atoms with E-state index in [0.29, 0.717) is 22.3 Å². The van der Waals surface area contributed by atoms with Crippen LogP contribution in [0.2, 0.25) is 0 Å². The first-order chi connectivity index (χ1) is 71.0. The van der Waals surface area contributed by atoms with E-state index in [9.17, 15) is 142 Å². The summed E-state index contributed by atoms with van der Waals surface area (Å²) >= 11 is 0. The molecular weight excluding hydrogens is 1990 g/mol. The minimum atomic E-state index is -2.58. The highest BCUT2D eigenvalue weighted by atomic mass is 16.8. The third kappa shape index (κ3) is 27.9. The maximum atomic E-state index is 14.4. The van der Waals surface area contributed by atoms with Crippen molar-refractivity contribution in [3.05, 3.63) is 144 Å². The smallest absolute Gasteiger partial charge is 0.217 e. The van der Waals surface area contributed by atoms with Gasteiger partial charge < -0.3 is 253 Å². The molecule has 0 aliphatic carbocycles. The fraction of sp³-hybridized carbons (Fsp3) is 0.713. The van der Waals surface area contributed by atoms with E-state index in [4.69, 9.17) is 109 Å². The van der Waals surface area contributed by atoms with Gasteiger partial charge in [0.15, 0.2) is 62.9 Å². The van der Waals surface area contributed by atoms with Gasteiger partial charge in [0.05, 0.1) is 92.5 Å². The molecule has 14 rings (SSSR count). The highest BCUT2D eigenvalue weighted by molar-refractivity contribution is 5.74. The standard InChI is InChI=1S/C94H135N3O51/c1-38(104)95-55-66(115)58(107)45(24-98)133-86(55)146-83-70(119)62(111)49(28-102)137-93(83)145-81-65(114)52(36-130-88-74(123)80(144-94-84(71(120)63(112)50(29-103)138-94)148-90-73(122)68(117)60(109)47(26-100)135-90)64(113)51(139-88)37-131-92-82(69(118)61(110)48(27-101)136-92)147-89-72(121)67(116)59(108)46(25-99)134-89)140-91(75(81)124)143-77-54(35-127-31-42-18-10-5-11-19-42)141-87(57(97-40(3)106)79(77)129-33-44-22-14-7-15-23-44)142-76-53(34-126-30-41-16-8-4-9-17-41)132-85(125)56(96-39(2)105)78(76)128-32-43-20-12-6-13-21-43/h4-23,45-94,98-103,107-125H,24-37H2,1-3H3,(H,95,104)(H,96,105)(H,97,106)/t45-,46-,47-,48-,49-,50-,51-,52-,53+,54-,55+,56-,57-,58-,59-,60-,61-,62-,63-,64-,65-,66+,67-,68-,69-,70-,71-,72-,73-,74-,75-,76+,77+,78-,79-,80-,81-,82-,83-,84-,85+,86+,87-,88+,89-,90-,91+,92+,93-,94-/m0/s1. The van der Waals surface area contributed by atoms with Gasteiger partial charge in [-0.3, -0.25) is 14.4 Å². The summed E-state index contributed by atoms with van der Waals surface area (Å²) in [6.07, 6.45) is -98.8. The molecule has 10 heterocycles. The maximum Gasteiger partial charge on any atom is 0.217 e. The van der Waals surface area contributed by atoms with Crippen molar-refractivity contribution in [3.63, 3.8) is 0 Å². The number of nitrogens with one attached hydrogen (secondary N) is 3. The van der Waals surface area contributed by atoms with Crippen LogP contribution in [0.25, 0.3) is 0 Å². The zero-order valence-electron chi connectivity index (χ0n) is 80.1. The molecule has 3 amide bonds. The van der Waals surface area contributed by atoms with Crippen LogP contribution < -0.4 is 16.0 Å². The number of rotatable bonds is 43. The molecule has 0 spiro atoms. The minimum Gasteiger partial charge on any atom is -0.394 e. The Morgan fingerprint density at radius 3 is 0.899 bits per heavy atom. The van der Waals surface area contributed by atoms with Crippen LogP contribution in [0.3, 0.4) is 0 Å². The summed E-state index contributed by atoms with van der Waals surface area (Å²) in [7, 11) is 0. The summed E-state index contributed by atoms with van der Waals surface area (Å²) in [5.74, 6) is -2.35. The zero-order valence-corrected chi connectivity index (χ0v) is 80.1. The van der Waals surface area contributed by atoms with Crippen molar-refractivity contribution in [3.8, 4) is 0 Å². The van der Waals surface area contributed by atoms with E-state index in [-0.39, 0.29) is 26.4 Å². The molecule has 832 valence electrons. The molecule has 54 nitrogen and oxygen atoms in total. The number of benzene rings is 4. The number of carbonyl (C=O) groups excluding carboxylic acids is 3. The Morgan fingerprint density at radius 1 is 0.223 bits per heavy atom. The molecule has 4 aromatic rings. The summed E-state index contributed by atoms with van der Waals surface area (Å²) in [4.78, 5) is 40.7. The van der Waals surface area contributed by atoms with Crippen molar-refractivity contribution < 1.29 is 251 Å². The first kappa shape index (κ1) is 117. The molecule has 0 saturated carbocycles. The van der Waals surface area contributed by atoms with Crippen LogP contribution in [0.5, 0.6) is 0 Å². The molecule has 50 atom stereocenters. The lowest BCUT2D eigenvalue weighted by Crippen LogP contribution is -2.71. The summed E-state index contributed by atoms with van der Waals surface area (Å²) in [5, 5.41) is 294. The Hall–Kier alpha value is -6.63. The van der Waals surface area contributed by atoms with Crippen molar-refractivity contribution in [1.82, 2.24) is 16.0 Å². The number of carbonyl (C=O) groups is 3. The number of ether oxygens (including phenoxy) is 23. The van der Waals surface area contributed by atoms with Gasteiger partial charge in [-0.2, -0.15) is 0 Å². The lowest BCUT2D eigenvalue weighted by atomic mass is 9.93. The molecule has 0 bridgehead atoms. The van der Waals surface area contributed by atoms with Gasteiger partial charge in [0, 0.05) is 20.8 Å². The summed E-state index contributed by atoms with van der Waals surface area (Å²) in [5.41, 5.74) is 2.35. The topological polar surface area (TPSA) is 805 Å². The van der Waals surface area contributed by atoms with E-state index in [2.05, 4.69) is 16.0 Å². The molecule has 28 N–H and O–H groups in total. The lowest BCUT2D eigenvalue weighted by molar-refractivity contribution is -0.400. The van der Waals surface area contributed by atoms with E-state index in [1.165, 1.54) is 6.92 Å². The number of hydrogen-bond acceptors (Lipinski definition) is 51. The Morgan fingerprint density at radius 2 is 0.493 bits per heavy atom. The van der Waals surface area contributed by atoms with E-state index in [1.807, 2.05) is 0 Å². The van der Waals surface area contributed by atoms with Crippen LogP contribution in [0.4, 0.5) is 0 Å². The normalized spacial score (nSPS) is 43.0. The molecule has 0 radical (unpaired) electrons. The van der Waals surface area contributed by atoms with Crippen LogP contribution in [-0.4, -0.2) is 518 Å². The molecule has 148 heavy (non-hydrogen) atoms. The van der Waals surface area contributed by atoms with E-state index >= 15 is 0 Å². The van der Waals surface area contributed by atoms with Crippen LogP contribution in [0.1, 0.15) is 43.0 Å². The average Bonchev–Trinajstić information content (AvgIpc) is 0.757. The minimum absolute atomic E-state index is 0.0327. The van der Waals surface area contributed by atoms with Crippen molar-refractivity contribution in [2.24, 2.45) is 0 Å². The fourth-order valence-corrected chi connectivity index (χ4v) is 19.0. The van der Waals surface area contributed by atoms with Gasteiger partial charge in [-0.1, -0.05) is 121 Å². The predicted octanol–water partition coefficient (Wildman–Crippen LogP) is -13.5. The van der Waals surface area contributed by atoms with Gasteiger partial charge in [0.2, 0.25) is 17.7 Å². The van der Waals surface area contributed by atoms with Crippen molar-refractivity contribution in [2.75, 3.05) is 66.1 Å². The second-order valence-electron chi connectivity index (χ2n) is 37.5. The third-order valence-electron chi connectivity index (χ3n) is 27.0. The van der Waals surface area contributed by atoms with Crippen LogP contribution in [-0.2, 0) is 150 Å². The van der Waals surface area contributed by atoms with Crippen molar-refractivity contribution in [1.29, 1.82) is 0 Å². The van der Waals surface area contributed by atoms with E-state index in [0.717, 1.165) is 13.8 Å². The van der Waals surface area contributed by atoms with Crippen LogP contribution >= 0.6 is 0 Å². The predicted molar refractivity (Wildman–Crippen MR) is 481 cm³/mol. The van der Waals surface area contributed by atoms with E-state index < -0.39 is 391 Å². The van der Waals surface area contributed by atoms with E-state index in [1.54, 1.807) is 121 Å². The third-order valence-corrected chi connectivity index (χ3v) is 27.0. The molecule has 10 saturated heterocycles. The Bertz CT molecular complexity index is 4640. The largest absolute Gasteiger partial charge is 0.394 e. The highest BCUT2D eigenvalue weighted by Crippen LogP contribution is 2.43. The van der Waals surface area contributed by atoms with Crippen LogP contribution in [0, 0.1) is 0 Å². The second kappa shape index (κ2) is 54.2. The average molecular weight is 2120 g/mol. The summed E-state index contributed by atoms with van der Waals surface area (Å²) in [6, 6.07) is 29.6. The Kier molecular flexibility index (Phi) is 42.8. The van der Waals surface area contributed by atoms with Gasteiger partial charge in [0.25, 0.3) is 0 Å². The first-order valence-corrected chi connectivity index (χ1v) is 48.3. The molecule has 10 aliphatic rings. The second-order valence-corrected chi connectivity index (χ2v) is 37.5. The van der Waals surface area contributed by atoms with Crippen LogP contribution in [0.15, 0.2) is 121 Å². The number of aliphatic hydroxyl groups is 25. The molecule has 54 heteroatoms. The van der Waals surface area contributed by atoms with Gasteiger partial charge in [-0.25, -0.2) is 0 Å². The zero-order chi connectivity index (χ0) is 106. The number of hydrogen-bond donors (Lipinski definition) is 28.